The quantitative estimate of drug-likeness (QED) is 0.529. The molecule has 6 nitrogen and oxygen atoms in total. The molecule has 174 valence electrons. The normalized spacial score (nSPS) is 13.0. The molecular formula is C26H30FN3O3. The Balaban J connectivity index is 0.00000306. The standard InChI is InChI=1S/C26H28FN3O2.H2O/c27-23-18-28-13-12-24(23)29-26(32)30-14-3-1-8-20-10-11-22(17-25(20)30)21-9-5-7-19(16-21)6-2-4-15-31;/h5,7,9-13,16-18,31H,1-4,6,8,14-15H2,(H,28,29,32);1H2. The fourth-order valence-corrected chi connectivity index (χ4v) is 4.13. The highest BCUT2D eigenvalue weighted by Gasteiger charge is 2.22. The smallest absolute Gasteiger partial charge is 0.326 e. The van der Waals surface area contributed by atoms with Gasteiger partial charge in [0.1, 0.15) is 0 Å². The largest absolute Gasteiger partial charge is 0.412 e. The minimum atomic E-state index is -0.553. The number of pyridine rings is 1. The van der Waals surface area contributed by atoms with Crippen molar-refractivity contribution in [1.82, 2.24) is 4.98 Å². The third kappa shape index (κ3) is 5.94. The van der Waals surface area contributed by atoms with E-state index in [-0.39, 0.29) is 23.8 Å². The third-order valence-corrected chi connectivity index (χ3v) is 5.85. The SMILES string of the molecule is O.O=C(Nc1ccncc1F)N1CCCCc2ccc(-c3cccc(CCCCO)c3)cc21. The van der Waals surface area contributed by atoms with Crippen molar-refractivity contribution in [3.05, 3.63) is 77.9 Å². The molecule has 3 aromatic rings. The molecule has 2 amide bonds. The van der Waals surface area contributed by atoms with Gasteiger partial charge in [-0.25, -0.2) is 9.18 Å². The van der Waals surface area contributed by atoms with Crippen LogP contribution in [0.15, 0.2) is 60.9 Å². The minimum absolute atomic E-state index is 0. The van der Waals surface area contributed by atoms with Gasteiger partial charge in [0.05, 0.1) is 11.9 Å². The molecule has 33 heavy (non-hydrogen) atoms. The predicted octanol–water partition coefficient (Wildman–Crippen LogP) is 4.75. The number of carbonyl (C=O) groups is 1. The van der Waals surface area contributed by atoms with Gasteiger partial charge in [-0.1, -0.05) is 36.4 Å². The number of amides is 2. The predicted molar refractivity (Wildman–Crippen MR) is 129 cm³/mol. The topological polar surface area (TPSA) is 97.0 Å². The number of hydrogen-bond donors (Lipinski definition) is 2. The molecule has 0 fully saturated rings. The maximum Gasteiger partial charge on any atom is 0.326 e. The first-order valence-electron chi connectivity index (χ1n) is 11.2. The second kappa shape index (κ2) is 11.5. The summed E-state index contributed by atoms with van der Waals surface area (Å²) in [4.78, 5) is 18.5. The van der Waals surface area contributed by atoms with E-state index in [1.54, 1.807) is 4.90 Å². The molecular weight excluding hydrogens is 421 g/mol. The van der Waals surface area contributed by atoms with Gasteiger partial charge in [0, 0.05) is 25.0 Å². The van der Waals surface area contributed by atoms with Gasteiger partial charge in [-0.2, -0.15) is 0 Å². The van der Waals surface area contributed by atoms with Crippen LogP contribution in [0.3, 0.4) is 0 Å². The van der Waals surface area contributed by atoms with Crippen LogP contribution in [0.4, 0.5) is 20.6 Å². The van der Waals surface area contributed by atoms with E-state index in [1.807, 2.05) is 6.07 Å². The molecule has 0 atom stereocenters. The molecule has 0 radical (unpaired) electrons. The highest BCUT2D eigenvalue weighted by atomic mass is 19.1. The van der Waals surface area contributed by atoms with Crippen molar-refractivity contribution in [3.8, 4) is 11.1 Å². The summed E-state index contributed by atoms with van der Waals surface area (Å²) in [5.74, 6) is -0.553. The molecule has 0 spiro atoms. The first kappa shape index (κ1) is 24.4. The van der Waals surface area contributed by atoms with Crippen LogP contribution in [-0.4, -0.2) is 34.7 Å². The van der Waals surface area contributed by atoms with Gasteiger partial charge < -0.3 is 15.9 Å². The molecule has 1 aliphatic rings. The van der Waals surface area contributed by atoms with Crippen LogP contribution in [0.1, 0.15) is 36.8 Å². The Morgan fingerprint density at radius 3 is 2.76 bits per heavy atom. The Morgan fingerprint density at radius 2 is 1.94 bits per heavy atom. The average molecular weight is 452 g/mol. The van der Waals surface area contributed by atoms with Crippen molar-refractivity contribution in [2.45, 2.75) is 38.5 Å². The van der Waals surface area contributed by atoms with Gasteiger partial charge in [0.25, 0.3) is 0 Å². The number of aryl methyl sites for hydroxylation is 2. The lowest BCUT2D eigenvalue weighted by Gasteiger charge is -2.24. The Kier molecular flexibility index (Phi) is 8.52. The van der Waals surface area contributed by atoms with Crippen molar-refractivity contribution >= 4 is 17.4 Å². The number of aliphatic hydroxyl groups excluding tert-OH is 1. The van der Waals surface area contributed by atoms with Crippen LogP contribution in [0.5, 0.6) is 0 Å². The Morgan fingerprint density at radius 1 is 1.09 bits per heavy atom. The number of nitrogens with one attached hydrogen (secondary N) is 1. The van der Waals surface area contributed by atoms with Crippen LogP contribution in [0.25, 0.3) is 11.1 Å². The van der Waals surface area contributed by atoms with Gasteiger partial charge in [-0.15, -0.1) is 0 Å². The molecule has 0 aliphatic carbocycles. The van der Waals surface area contributed by atoms with Crippen molar-refractivity contribution in [2.24, 2.45) is 0 Å². The van der Waals surface area contributed by atoms with Gasteiger partial charge in [0.15, 0.2) is 5.82 Å². The number of hydrogen-bond acceptors (Lipinski definition) is 3. The molecule has 1 aliphatic heterocycles. The number of fused-ring (bicyclic) bond motifs is 1. The van der Waals surface area contributed by atoms with Gasteiger partial charge in [0.2, 0.25) is 0 Å². The Labute approximate surface area is 193 Å². The summed E-state index contributed by atoms with van der Waals surface area (Å²) in [6.07, 6.45) is 8.01. The summed E-state index contributed by atoms with van der Waals surface area (Å²) in [5.41, 5.74) is 5.49. The van der Waals surface area contributed by atoms with Crippen LogP contribution in [0, 0.1) is 5.82 Å². The van der Waals surface area contributed by atoms with E-state index in [4.69, 9.17) is 5.11 Å². The lowest BCUT2D eigenvalue weighted by molar-refractivity contribution is 0.256. The van der Waals surface area contributed by atoms with Crippen molar-refractivity contribution in [2.75, 3.05) is 23.4 Å². The van der Waals surface area contributed by atoms with E-state index >= 15 is 0 Å². The highest BCUT2D eigenvalue weighted by Crippen LogP contribution is 2.32. The number of aromatic nitrogens is 1. The van der Waals surface area contributed by atoms with Crippen LogP contribution >= 0.6 is 0 Å². The molecule has 7 heteroatoms. The lowest BCUT2D eigenvalue weighted by atomic mass is 9.97. The second-order valence-electron chi connectivity index (χ2n) is 8.12. The Bertz CT molecular complexity index is 1090. The van der Waals surface area contributed by atoms with E-state index in [1.165, 1.54) is 17.8 Å². The number of halogens is 1. The maximum absolute atomic E-state index is 14.0. The summed E-state index contributed by atoms with van der Waals surface area (Å²) in [6, 6.07) is 15.8. The molecule has 0 saturated carbocycles. The molecule has 0 saturated heterocycles. The van der Waals surface area contributed by atoms with Crippen molar-refractivity contribution in [1.29, 1.82) is 0 Å². The molecule has 0 bridgehead atoms. The van der Waals surface area contributed by atoms with E-state index in [2.05, 4.69) is 46.7 Å². The van der Waals surface area contributed by atoms with E-state index in [9.17, 15) is 9.18 Å². The molecule has 0 unspecified atom stereocenters. The average Bonchev–Trinajstić information content (AvgIpc) is 3.03. The number of anilines is 2. The van der Waals surface area contributed by atoms with E-state index < -0.39 is 5.82 Å². The fraction of sp³-hybridized carbons (Fsp3) is 0.308. The second-order valence-corrected chi connectivity index (χ2v) is 8.12. The van der Waals surface area contributed by atoms with Gasteiger partial charge in [-0.3, -0.25) is 9.88 Å². The first-order chi connectivity index (χ1) is 15.7. The molecule has 1 aromatic heterocycles. The zero-order chi connectivity index (χ0) is 22.3. The van der Waals surface area contributed by atoms with Crippen LogP contribution in [-0.2, 0) is 12.8 Å². The number of rotatable bonds is 6. The highest BCUT2D eigenvalue weighted by molar-refractivity contribution is 6.02. The zero-order valence-corrected chi connectivity index (χ0v) is 18.6. The number of carbonyl (C=O) groups excluding carboxylic acids is 1. The molecule has 4 N–H and O–H groups in total. The van der Waals surface area contributed by atoms with Crippen molar-refractivity contribution < 1.29 is 19.8 Å². The van der Waals surface area contributed by atoms with Crippen LogP contribution in [0.2, 0.25) is 0 Å². The van der Waals surface area contributed by atoms with Crippen LogP contribution < -0.4 is 10.2 Å². The molecule has 2 heterocycles. The number of unbranched alkanes of at least 4 members (excludes halogenated alkanes) is 1. The van der Waals surface area contributed by atoms with Gasteiger partial charge in [-0.05, 0) is 72.9 Å². The first-order valence-corrected chi connectivity index (χ1v) is 11.2. The number of benzene rings is 2. The Hall–Kier alpha value is -3.29. The fourth-order valence-electron chi connectivity index (χ4n) is 4.13. The summed E-state index contributed by atoms with van der Waals surface area (Å²) < 4.78 is 14.0. The van der Waals surface area contributed by atoms with Crippen molar-refractivity contribution in [3.63, 3.8) is 0 Å². The molecule has 4 rings (SSSR count). The molecule has 2 aromatic carbocycles. The van der Waals surface area contributed by atoms with E-state index in [0.717, 1.165) is 67.1 Å². The number of aliphatic hydroxyl groups is 1. The summed E-state index contributed by atoms with van der Waals surface area (Å²) >= 11 is 0. The van der Waals surface area contributed by atoms with E-state index in [0.29, 0.717) is 6.54 Å². The summed E-state index contributed by atoms with van der Waals surface area (Å²) in [7, 11) is 0. The van der Waals surface area contributed by atoms with Gasteiger partial charge >= 0.3 is 6.03 Å². The number of nitrogens with zero attached hydrogens (tertiary/aromatic N) is 2. The minimum Gasteiger partial charge on any atom is -0.412 e. The monoisotopic (exact) mass is 451 g/mol. The maximum atomic E-state index is 14.0. The third-order valence-electron chi connectivity index (χ3n) is 5.85. The number of urea groups is 1. The zero-order valence-electron chi connectivity index (χ0n) is 18.6. The summed E-state index contributed by atoms with van der Waals surface area (Å²) in [5, 5.41) is 11.7. The summed E-state index contributed by atoms with van der Waals surface area (Å²) in [6.45, 7) is 0.794. The lowest BCUT2D eigenvalue weighted by Crippen LogP contribution is -2.36.